The molecule has 0 fully saturated rings. The highest BCUT2D eigenvalue weighted by Crippen LogP contribution is 2.28. The van der Waals surface area contributed by atoms with E-state index in [0.29, 0.717) is 22.3 Å². The van der Waals surface area contributed by atoms with Crippen molar-refractivity contribution in [2.24, 2.45) is 12.8 Å². The monoisotopic (exact) mass is 538 g/mol. The highest BCUT2D eigenvalue weighted by atomic mass is 35.5. The van der Waals surface area contributed by atoms with Crippen LogP contribution in [0.15, 0.2) is 65.6 Å². The Morgan fingerprint density at radius 2 is 1.78 bits per heavy atom. The van der Waals surface area contributed by atoms with Gasteiger partial charge in [0, 0.05) is 48.0 Å². The number of amides is 1. The number of benzene rings is 2. The second-order valence-corrected chi connectivity index (χ2v) is 9.46. The van der Waals surface area contributed by atoms with Crippen molar-refractivity contribution in [2.45, 2.75) is 33.0 Å². The van der Waals surface area contributed by atoms with E-state index in [4.69, 9.17) is 28.9 Å². The number of aromatic nitrogens is 3. The van der Waals surface area contributed by atoms with Gasteiger partial charge in [-0.1, -0.05) is 59.6 Å². The third-order valence-corrected chi connectivity index (χ3v) is 6.88. The molecule has 8 nitrogen and oxygen atoms in total. The molecule has 0 radical (unpaired) electrons. The Bertz CT molecular complexity index is 1480. The molecule has 192 valence electrons. The van der Waals surface area contributed by atoms with Crippen LogP contribution in [0.5, 0.6) is 0 Å². The first-order chi connectivity index (χ1) is 17.8. The first kappa shape index (κ1) is 26.5. The van der Waals surface area contributed by atoms with Gasteiger partial charge in [0.25, 0.3) is 5.56 Å². The van der Waals surface area contributed by atoms with Gasteiger partial charge in [0.1, 0.15) is 5.15 Å². The van der Waals surface area contributed by atoms with Crippen molar-refractivity contribution in [3.63, 3.8) is 0 Å². The fourth-order valence-electron chi connectivity index (χ4n) is 4.08. The molecule has 0 aliphatic heterocycles. The Hall–Kier alpha value is -3.59. The molecule has 4 rings (SSSR count). The second-order valence-electron chi connectivity index (χ2n) is 8.67. The molecule has 0 aliphatic rings. The lowest BCUT2D eigenvalue weighted by atomic mass is 10.1. The minimum Gasteiger partial charge on any atom is -0.352 e. The summed E-state index contributed by atoms with van der Waals surface area (Å²) in [5, 5.41) is 8.45. The van der Waals surface area contributed by atoms with Gasteiger partial charge in [-0.25, -0.2) is 4.68 Å². The van der Waals surface area contributed by atoms with Crippen molar-refractivity contribution >= 4 is 29.1 Å². The molecule has 2 aromatic carbocycles. The number of carbonyl (C=O) groups is 1. The third-order valence-electron chi connectivity index (χ3n) is 6.17. The van der Waals surface area contributed by atoms with E-state index in [1.165, 1.54) is 4.68 Å². The van der Waals surface area contributed by atoms with Gasteiger partial charge in [-0.3, -0.25) is 14.3 Å². The zero-order valence-corrected chi connectivity index (χ0v) is 22.1. The van der Waals surface area contributed by atoms with Gasteiger partial charge in [0.2, 0.25) is 5.91 Å². The fraction of sp³-hybridized carbons (Fsp3) is 0.222. The first-order valence-electron chi connectivity index (χ1n) is 11.7. The molecule has 10 heteroatoms. The zero-order chi connectivity index (χ0) is 26.5. The minimum atomic E-state index is -0.304. The van der Waals surface area contributed by atoms with Crippen LogP contribution in [0.4, 0.5) is 0 Å². The number of carbonyl (C=O) groups excluding carboxylic acids is 1. The van der Waals surface area contributed by atoms with E-state index in [9.17, 15) is 9.59 Å². The van der Waals surface area contributed by atoms with E-state index in [0.717, 1.165) is 33.5 Å². The van der Waals surface area contributed by atoms with Crippen molar-refractivity contribution in [1.29, 1.82) is 0 Å². The molecule has 0 spiro atoms. The number of aryl methyl sites for hydroxylation is 2. The maximum atomic E-state index is 13.2. The topological polar surface area (TPSA) is 107 Å². The van der Waals surface area contributed by atoms with Crippen LogP contribution >= 0.6 is 23.2 Å². The summed E-state index contributed by atoms with van der Waals surface area (Å²) in [6.45, 7) is 2.68. The molecule has 37 heavy (non-hydrogen) atoms. The van der Waals surface area contributed by atoms with E-state index in [-0.39, 0.29) is 31.0 Å². The van der Waals surface area contributed by atoms with Gasteiger partial charge in [-0.05, 0) is 41.8 Å². The van der Waals surface area contributed by atoms with Crippen LogP contribution in [-0.2, 0) is 37.9 Å². The van der Waals surface area contributed by atoms with E-state index in [1.54, 1.807) is 36.1 Å². The van der Waals surface area contributed by atoms with E-state index in [2.05, 4.69) is 15.8 Å². The number of nitrogens with one attached hydrogen (secondary N) is 2. The van der Waals surface area contributed by atoms with Crippen LogP contribution in [0.1, 0.15) is 27.8 Å². The number of halogens is 2. The van der Waals surface area contributed by atoms with Crippen molar-refractivity contribution in [1.82, 2.24) is 19.8 Å². The summed E-state index contributed by atoms with van der Waals surface area (Å²) in [6, 6.07) is 16.9. The zero-order valence-electron chi connectivity index (χ0n) is 20.6. The molecule has 2 heterocycles. The predicted octanol–water partition coefficient (Wildman–Crippen LogP) is 3.93. The maximum absolute atomic E-state index is 13.2. The highest BCUT2D eigenvalue weighted by molar-refractivity contribution is 6.31. The van der Waals surface area contributed by atoms with E-state index in [1.807, 2.05) is 43.3 Å². The van der Waals surface area contributed by atoms with Gasteiger partial charge < -0.3 is 16.5 Å². The van der Waals surface area contributed by atoms with Gasteiger partial charge in [-0.15, -0.1) is 0 Å². The van der Waals surface area contributed by atoms with Crippen molar-refractivity contribution < 1.29 is 4.79 Å². The Morgan fingerprint density at radius 1 is 1.03 bits per heavy atom. The van der Waals surface area contributed by atoms with Crippen LogP contribution in [0.2, 0.25) is 10.2 Å². The number of nitrogens with two attached hydrogens (primary N) is 1. The van der Waals surface area contributed by atoms with Gasteiger partial charge in [-0.2, -0.15) is 5.10 Å². The minimum absolute atomic E-state index is 0.0609. The highest BCUT2D eigenvalue weighted by Gasteiger charge is 2.17. The molecule has 2 aromatic heterocycles. The number of hydrogen-bond acceptors (Lipinski definition) is 5. The Morgan fingerprint density at radius 3 is 2.51 bits per heavy atom. The number of nitrogens with zero attached hydrogens (tertiary/aromatic N) is 3. The summed E-state index contributed by atoms with van der Waals surface area (Å²) < 4.78 is 2.97. The van der Waals surface area contributed by atoms with Crippen LogP contribution < -0.4 is 22.0 Å². The van der Waals surface area contributed by atoms with Gasteiger partial charge >= 0.3 is 0 Å². The molecule has 1 amide bonds. The summed E-state index contributed by atoms with van der Waals surface area (Å²) >= 11 is 12.6. The number of hydrogen-bond donors (Lipinski definition) is 3. The summed E-state index contributed by atoms with van der Waals surface area (Å²) in [7, 11) is 1.77. The summed E-state index contributed by atoms with van der Waals surface area (Å²) in [6.07, 6.45) is 1.58. The average molecular weight is 539 g/mol. The molecular weight excluding hydrogens is 511 g/mol. The SMILES string of the molecule is Cc1ccn(NCc2c(-c3ccccc3)nn(C)c2Cl)c(=O)c1CC(=O)NCc1cc(Cl)ccc1CN. The summed E-state index contributed by atoms with van der Waals surface area (Å²) in [5.41, 5.74) is 13.9. The maximum Gasteiger partial charge on any atom is 0.272 e. The van der Waals surface area contributed by atoms with E-state index < -0.39 is 0 Å². The molecule has 4 aromatic rings. The molecule has 0 aliphatic carbocycles. The normalized spacial score (nSPS) is 10.9. The molecule has 0 saturated carbocycles. The Balaban J connectivity index is 1.49. The lowest BCUT2D eigenvalue weighted by molar-refractivity contribution is -0.120. The van der Waals surface area contributed by atoms with Crippen LogP contribution in [0, 0.1) is 6.92 Å². The lowest BCUT2D eigenvalue weighted by Gasteiger charge is -2.14. The van der Waals surface area contributed by atoms with Gasteiger partial charge in [0.05, 0.1) is 18.7 Å². The van der Waals surface area contributed by atoms with E-state index >= 15 is 0 Å². The quantitative estimate of drug-likeness (QED) is 0.299. The smallest absolute Gasteiger partial charge is 0.272 e. The predicted molar refractivity (Wildman–Crippen MR) is 147 cm³/mol. The Kier molecular flexibility index (Phi) is 8.33. The van der Waals surface area contributed by atoms with Crippen molar-refractivity contribution in [3.05, 3.63) is 109 Å². The van der Waals surface area contributed by atoms with Gasteiger partial charge in [0.15, 0.2) is 0 Å². The molecule has 0 saturated heterocycles. The van der Waals surface area contributed by atoms with Crippen LogP contribution in [-0.4, -0.2) is 20.4 Å². The third kappa shape index (κ3) is 6.05. The average Bonchev–Trinajstić information content (AvgIpc) is 3.18. The molecule has 0 atom stereocenters. The van der Waals surface area contributed by atoms with Crippen LogP contribution in [0.25, 0.3) is 11.3 Å². The fourth-order valence-corrected chi connectivity index (χ4v) is 4.47. The largest absolute Gasteiger partial charge is 0.352 e. The first-order valence-corrected chi connectivity index (χ1v) is 12.5. The number of pyridine rings is 1. The number of rotatable bonds is 9. The molecule has 0 unspecified atom stereocenters. The van der Waals surface area contributed by atoms with Crippen LogP contribution in [0.3, 0.4) is 0 Å². The van der Waals surface area contributed by atoms with Crippen molar-refractivity contribution in [3.8, 4) is 11.3 Å². The Labute approximate surface area is 225 Å². The second kappa shape index (κ2) is 11.6. The molecule has 4 N–H and O–H groups in total. The molecule has 0 bridgehead atoms. The standard InChI is InChI=1S/C27H28Cl2N6O2/c1-17-10-11-35(32-16-23-25(33-34(2)26(23)29)18-6-4-3-5-7-18)27(37)22(17)13-24(36)31-15-20-12-21(28)9-8-19(20)14-30/h3-12,32H,13-16,30H2,1-2H3,(H,31,36). The summed E-state index contributed by atoms with van der Waals surface area (Å²) in [4.78, 5) is 26.0. The van der Waals surface area contributed by atoms with Crippen molar-refractivity contribution in [2.75, 3.05) is 5.43 Å². The summed E-state index contributed by atoms with van der Waals surface area (Å²) in [5.74, 6) is -0.275. The lowest BCUT2D eigenvalue weighted by Crippen LogP contribution is -2.34. The molecular formula is C27H28Cl2N6O2.